The number of methoxy groups -OCH3 is 1. The molecule has 0 aliphatic heterocycles. The van der Waals surface area contributed by atoms with Crippen molar-refractivity contribution in [1.82, 2.24) is 9.55 Å². The monoisotopic (exact) mass is 390 g/mol. The Morgan fingerprint density at radius 3 is 2.69 bits per heavy atom. The van der Waals surface area contributed by atoms with Gasteiger partial charge in [-0.2, -0.15) is 0 Å². The Balaban J connectivity index is 2.09. The first-order valence-electron chi connectivity index (χ1n) is 8.39. The summed E-state index contributed by atoms with van der Waals surface area (Å²) in [6.07, 6.45) is 1.62. The lowest BCUT2D eigenvalue weighted by atomic mass is 10.2. The van der Waals surface area contributed by atoms with E-state index in [1.165, 1.54) is 18.4 Å². The number of esters is 1. The molecule has 2 heterocycles. The number of nitrogens with zero attached hydrogens (tertiary/aromatic N) is 2. The van der Waals surface area contributed by atoms with E-state index >= 15 is 0 Å². The SMILES string of the molecule is CCc1cc2c(=O)n(CCCC(=O)OC)c(-c3ccc(Cl)cc3)nc2s1. The Bertz CT molecular complexity index is 992. The maximum absolute atomic E-state index is 13.1. The van der Waals surface area contributed by atoms with E-state index in [1.54, 1.807) is 16.7 Å². The topological polar surface area (TPSA) is 61.2 Å². The van der Waals surface area contributed by atoms with Gasteiger partial charge in [0.1, 0.15) is 10.7 Å². The van der Waals surface area contributed by atoms with E-state index in [1.807, 2.05) is 18.2 Å². The van der Waals surface area contributed by atoms with Gasteiger partial charge < -0.3 is 4.74 Å². The molecule has 0 N–H and O–H groups in total. The summed E-state index contributed by atoms with van der Waals surface area (Å²) in [5.41, 5.74) is 0.735. The first-order chi connectivity index (χ1) is 12.5. The largest absolute Gasteiger partial charge is 0.469 e. The molecule has 3 rings (SSSR count). The fourth-order valence-corrected chi connectivity index (χ4v) is 3.83. The zero-order chi connectivity index (χ0) is 18.7. The smallest absolute Gasteiger partial charge is 0.305 e. The van der Waals surface area contributed by atoms with Gasteiger partial charge in [-0.25, -0.2) is 4.98 Å². The number of ether oxygens (including phenoxy) is 1. The van der Waals surface area contributed by atoms with Crippen molar-refractivity contribution < 1.29 is 9.53 Å². The van der Waals surface area contributed by atoms with Crippen LogP contribution < -0.4 is 5.56 Å². The van der Waals surface area contributed by atoms with Crippen LogP contribution in [0.5, 0.6) is 0 Å². The second kappa shape index (κ2) is 8.01. The summed E-state index contributed by atoms with van der Waals surface area (Å²) >= 11 is 7.52. The first kappa shape index (κ1) is 18.6. The molecule has 26 heavy (non-hydrogen) atoms. The lowest BCUT2D eigenvalue weighted by Gasteiger charge is -2.12. The fourth-order valence-electron chi connectivity index (χ4n) is 2.75. The lowest BCUT2D eigenvalue weighted by Crippen LogP contribution is -2.23. The molecule has 0 bridgehead atoms. The quantitative estimate of drug-likeness (QED) is 0.589. The van der Waals surface area contributed by atoms with Crippen molar-refractivity contribution in [3.63, 3.8) is 0 Å². The van der Waals surface area contributed by atoms with Crippen molar-refractivity contribution >= 4 is 39.1 Å². The number of rotatable bonds is 6. The van der Waals surface area contributed by atoms with Gasteiger partial charge in [-0.05, 0) is 43.2 Å². The van der Waals surface area contributed by atoms with Gasteiger partial charge in [0.25, 0.3) is 5.56 Å². The van der Waals surface area contributed by atoms with Crippen LogP contribution in [0, 0.1) is 0 Å². The molecule has 1 aromatic carbocycles. The summed E-state index contributed by atoms with van der Waals surface area (Å²) in [6, 6.07) is 9.16. The number of hydrogen-bond acceptors (Lipinski definition) is 5. The number of carbonyl (C=O) groups is 1. The van der Waals surface area contributed by atoms with Gasteiger partial charge in [0.15, 0.2) is 0 Å². The number of aryl methyl sites for hydroxylation is 1. The van der Waals surface area contributed by atoms with E-state index in [4.69, 9.17) is 16.6 Å². The minimum atomic E-state index is -0.288. The molecule has 5 nitrogen and oxygen atoms in total. The summed E-state index contributed by atoms with van der Waals surface area (Å²) < 4.78 is 6.32. The third kappa shape index (κ3) is 3.81. The molecule has 3 aromatic rings. The predicted octanol–water partition coefficient (Wildman–Crippen LogP) is 4.29. The number of carbonyl (C=O) groups excluding carboxylic acids is 1. The summed E-state index contributed by atoms with van der Waals surface area (Å²) in [5, 5.41) is 1.25. The summed E-state index contributed by atoms with van der Waals surface area (Å²) in [5.74, 6) is 0.303. The lowest BCUT2D eigenvalue weighted by molar-refractivity contribution is -0.140. The standard InChI is InChI=1S/C19H19ClN2O3S/c1-3-14-11-15-18(26-14)21-17(12-6-8-13(20)9-7-12)22(19(15)24)10-4-5-16(23)25-2/h6-9,11H,3-5,10H2,1-2H3. The maximum atomic E-state index is 13.1. The molecule has 0 atom stereocenters. The van der Waals surface area contributed by atoms with E-state index in [-0.39, 0.29) is 17.9 Å². The molecule has 0 unspecified atom stereocenters. The van der Waals surface area contributed by atoms with Crippen LogP contribution in [-0.2, 0) is 22.5 Å². The molecule has 0 saturated carbocycles. The van der Waals surface area contributed by atoms with Crippen LogP contribution in [0.15, 0.2) is 35.1 Å². The summed E-state index contributed by atoms with van der Waals surface area (Å²) in [6.45, 7) is 2.45. The number of fused-ring (bicyclic) bond motifs is 1. The molecule has 0 aliphatic rings. The Morgan fingerprint density at radius 1 is 1.31 bits per heavy atom. The van der Waals surface area contributed by atoms with Crippen LogP contribution in [-0.4, -0.2) is 22.6 Å². The average Bonchev–Trinajstić information content (AvgIpc) is 3.07. The van der Waals surface area contributed by atoms with Crippen molar-refractivity contribution in [3.8, 4) is 11.4 Å². The van der Waals surface area contributed by atoms with Crippen LogP contribution >= 0.6 is 22.9 Å². The van der Waals surface area contributed by atoms with Crippen molar-refractivity contribution in [1.29, 1.82) is 0 Å². The Kier molecular flexibility index (Phi) is 5.74. The van der Waals surface area contributed by atoms with Crippen LogP contribution in [0.3, 0.4) is 0 Å². The van der Waals surface area contributed by atoms with Gasteiger partial charge in [0, 0.05) is 28.4 Å². The molecule has 0 radical (unpaired) electrons. The number of halogens is 1. The Labute approximate surface area is 160 Å². The number of aromatic nitrogens is 2. The molecule has 136 valence electrons. The van der Waals surface area contributed by atoms with Crippen LogP contribution in [0.2, 0.25) is 5.02 Å². The highest BCUT2D eigenvalue weighted by Crippen LogP contribution is 2.26. The van der Waals surface area contributed by atoms with Gasteiger partial charge >= 0.3 is 5.97 Å². The van der Waals surface area contributed by atoms with Crippen molar-refractivity contribution in [2.75, 3.05) is 7.11 Å². The van der Waals surface area contributed by atoms with Gasteiger partial charge in [-0.3, -0.25) is 14.2 Å². The van der Waals surface area contributed by atoms with E-state index in [0.717, 1.165) is 21.7 Å². The van der Waals surface area contributed by atoms with Crippen LogP contribution in [0.25, 0.3) is 21.6 Å². The molecule has 0 spiro atoms. The number of thiophene rings is 1. The zero-order valence-electron chi connectivity index (χ0n) is 14.6. The average molecular weight is 391 g/mol. The van der Waals surface area contributed by atoms with Gasteiger partial charge in [-0.1, -0.05) is 18.5 Å². The third-order valence-electron chi connectivity index (χ3n) is 4.14. The maximum Gasteiger partial charge on any atom is 0.305 e. The normalized spacial score (nSPS) is 11.0. The second-order valence-corrected chi connectivity index (χ2v) is 7.42. The molecular weight excluding hydrogens is 372 g/mol. The minimum absolute atomic E-state index is 0.0826. The van der Waals surface area contributed by atoms with Gasteiger partial charge in [0.2, 0.25) is 0 Å². The Hall–Kier alpha value is -2.18. The number of benzene rings is 1. The molecule has 7 heteroatoms. The highest BCUT2D eigenvalue weighted by molar-refractivity contribution is 7.18. The van der Waals surface area contributed by atoms with E-state index in [0.29, 0.717) is 29.2 Å². The van der Waals surface area contributed by atoms with E-state index in [2.05, 4.69) is 11.7 Å². The van der Waals surface area contributed by atoms with Crippen LogP contribution in [0.1, 0.15) is 24.6 Å². The predicted molar refractivity (Wildman–Crippen MR) is 105 cm³/mol. The highest BCUT2D eigenvalue weighted by Gasteiger charge is 2.15. The van der Waals surface area contributed by atoms with Crippen LogP contribution in [0.4, 0.5) is 0 Å². The molecule has 0 saturated heterocycles. The van der Waals surface area contributed by atoms with E-state index in [9.17, 15) is 9.59 Å². The summed E-state index contributed by atoms with van der Waals surface area (Å²) in [7, 11) is 1.36. The molecule has 0 fully saturated rings. The Morgan fingerprint density at radius 2 is 2.04 bits per heavy atom. The minimum Gasteiger partial charge on any atom is -0.469 e. The molecule has 0 aliphatic carbocycles. The second-order valence-electron chi connectivity index (χ2n) is 5.86. The first-order valence-corrected chi connectivity index (χ1v) is 9.59. The van der Waals surface area contributed by atoms with E-state index < -0.39 is 0 Å². The summed E-state index contributed by atoms with van der Waals surface area (Å²) in [4.78, 5) is 31.1. The fraction of sp³-hybridized carbons (Fsp3) is 0.316. The van der Waals surface area contributed by atoms with Crippen molar-refractivity contribution in [2.45, 2.75) is 32.7 Å². The highest BCUT2D eigenvalue weighted by atomic mass is 35.5. The van der Waals surface area contributed by atoms with Gasteiger partial charge in [-0.15, -0.1) is 11.3 Å². The van der Waals surface area contributed by atoms with Gasteiger partial charge in [0.05, 0.1) is 12.5 Å². The molecular formula is C19H19ClN2O3S. The zero-order valence-corrected chi connectivity index (χ0v) is 16.2. The van der Waals surface area contributed by atoms with Crippen molar-refractivity contribution in [2.24, 2.45) is 0 Å². The molecule has 2 aromatic heterocycles. The number of hydrogen-bond donors (Lipinski definition) is 0. The molecule has 0 amide bonds. The third-order valence-corrected chi connectivity index (χ3v) is 5.57. The van der Waals surface area contributed by atoms with Crippen molar-refractivity contribution in [3.05, 3.63) is 50.6 Å².